The summed E-state index contributed by atoms with van der Waals surface area (Å²) in [6.45, 7) is 1.61. The van der Waals surface area contributed by atoms with Gasteiger partial charge in [-0.05, 0) is 43.5 Å². The van der Waals surface area contributed by atoms with E-state index in [1.165, 1.54) is 23.1 Å². The van der Waals surface area contributed by atoms with E-state index in [2.05, 4.69) is 10.6 Å². The number of anilines is 1. The number of para-hydroxylation sites is 1. The van der Waals surface area contributed by atoms with Gasteiger partial charge in [0.05, 0.1) is 17.2 Å². The van der Waals surface area contributed by atoms with E-state index in [1.807, 2.05) is 0 Å². The Hall–Kier alpha value is -3.29. The van der Waals surface area contributed by atoms with E-state index >= 15 is 0 Å². The van der Waals surface area contributed by atoms with Crippen molar-refractivity contribution in [1.82, 2.24) is 10.2 Å². The zero-order valence-electron chi connectivity index (χ0n) is 16.2. The minimum absolute atomic E-state index is 0.0386. The van der Waals surface area contributed by atoms with Crippen molar-refractivity contribution < 1.29 is 22.8 Å². The van der Waals surface area contributed by atoms with Crippen molar-refractivity contribution in [3.05, 3.63) is 77.0 Å². The van der Waals surface area contributed by atoms with Crippen molar-refractivity contribution in [2.24, 2.45) is 0 Å². The fraction of sp³-hybridized carbons (Fsp3) is 0.273. The number of benzene rings is 2. The van der Waals surface area contributed by atoms with Crippen molar-refractivity contribution in [3.8, 4) is 0 Å². The van der Waals surface area contributed by atoms with Crippen LogP contribution in [0.1, 0.15) is 36.9 Å². The topological polar surface area (TPSA) is 61.4 Å². The molecule has 0 spiro atoms. The molecule has 5 nitrogen and oxygen atoms in total. The van der Waals surface area contributed by atoms with Crippen LogP contribution < -0.4 is 10.6 Å². The Morgan fingerprint density at radius 2 is 1.70 bits per heavy atom. The number of alkyl halides is 3. The van der Waals surface area contributed by atoms with Gasteiger partial charge in [-0.3, -0.25) is 9.69 Å². The summed E-state index contributed by atoms with van der Waals surface area (Å²) in [4.78, 5) is 27.4. The van der Waals surface area contributed by atoms with Gasteiger partial charge in [0.25, 0.3) is 5.91 Å². The molecule has 0 unspecified atom stereocenters. The summed E-state index contributed by atoms with van der Waals surface area (Å²) < 4.78 is 40.9. The lowest BCUT2D eigenvalue weighted by Crippen LogP contribution is -2.49. The van der Waals surface area contributed by atoms with Gasteiger partial charge >= 0.3 is 12.2 Å². The normalized spacial score (nSPS) is 19.5. The number of carbonyl (C=O) groups excluding carboxylic acids is 2. The Morgan fingerprint density at radius 1 is 1.07 bits per heavy atom. The lowest BCUT2D eigenvalue weighted by molar-refractivity contribution is -0.138. The highest BCUT2D eigenvalue weighted by atomic mass is 19.4. The van der Waals surface area contributed by atoms with E-state index in [-0.39, 0.29) is 17.2 Å². The molecule has 1 aliphatic heterocycles. The average molecular weight is 415 g/mol. The van der Waals surface area contributed by atoms with Crippen LogP contribution in [0, 0.1) is 0 Å². The molecule has 0 aromatic heterocycles. The number of nitrogens with zero attached hydrogens (tertiary/aromatic N) is 1. The molecule has 30 heavy (non-hydrogen) atoms. The van der Waals surface area contributed by atoms with Crippen LogP contribution in [0.4, 0.5) is 23.7 Å². The molecule has 3 amide bonds. The Morgan fingerprint density at radius 3 is 2.33 bits per heavy atom. The Bertz CT molecular complexity index is 1010. The summed E-state index contributed by atoms with van der Waals surface area (Å²) in [6, 6.07) is 11.9. The quantitative estimate of drug-likeness (QED) is 0.750. The predicted octanol–water partition coefficient (Wildman–Crippen LogP) is 4.85. The molecule has 4 rings (SSSR count). The van der Waals surface area contributed by atoms with Crippen LogP contribution >= 0.6 is 0 Å². The van der Waals surface area contributed by atoms with Crippen LogP contribution in [0.25, 0.3) is 0 Å². The highest BCUT2D eigenvalue weighted by Crippen LogP contribution is 2.41. The minimum atomic E-state index is -4.62. The first-order chi connectivity index (χ1) is 14.3. The summed E-state index contributed by atoms with van der Waals surface area (Å²) in [6.07, 6.45) is -3.03. The zero-order valence-corrected chi connectivity index (χ0v) is 16.2. The van der Waals surface area contributed by atoms with Crippen LogP contribution in [-0.4, -0.2) is 22.9 Å². The highest BCUT2D eigenvalue weighted by Gasteiger charge is 2.44. The van der Waals surface area contributed by atoms with Crippen LogP contribution in [0.2, 0.25) is 0 Å². The lowest BCUT2D eigenvalue weighted by atomic mass is 9.90. The molecule has 0 radical (unpaired) electrons. The highest BCUT2D eigenvalue weighted by molar-refractivity contribution is 6.06. The zero-order chi connectivity index (χ0) is 21.5. The van der Waals surface area contributed by atoms with E-state index in [0.717, 1.165) is 18.9 Å². The smallest absolute Gasteiger partial charge is 0.326 e. The second kappa shape index (κ2) is 7.51. The predicted molar refractivity (Wildman–Crippen MR) is 105 cm³/mol. The molecule has 8 heteroatoms. The molecule has 0 saturated heterocycles. The maximum atomic E-state index is 13.6. The Kier molecular flexibility index (Phi) is 5.01. The molecule has 2 aromatic rings. The third-order valence-electron chi connectivity index (χ3n) is 5.29. The van der Waals surface area contributed by atoms with Crippen molar-refractivity contribution in [2.45, 2.75) is 38.0 Å². The summed E-state index contributed by atoms with van der Waals surface area (Å²) >= 11 is 0. The molecule has 1 fully saturated rings. The van der Waals surface area contributed by atoms with Crippen LogP contribution in [0.3, 0.4) is 0 Å². The monoisotopic (exact) mass is 415 g/mol. The van der Waals surface area contributed by atoms with Gasteiger partial charge < -0.3 is 10.6 Å². The summed E-state index contributed by atoms with van der Waals surface area (Å²) in [5, 5.41) is 5.37. The standard InChI is InChI=1S/C22H20F3N3O2/c1-13-18(20(29)26-14-7-3-2-4-8-14)19(27-21(30)28(13)15-11-12-15)16-9-5-6-10-17(16)22(23,24)25/h2-10,15,19H,11-12H2,1H3,(H,26,29)(H,27,30)/t19-/m1/s1. The van der Waals surface area contributed by atoms with E-state index in [1.54, 1.807) is 37.3 Å². The van der Waals surface area contributed by atoms with Crippen molar-refractivity contribution in [1.29, 1.82) is 0 Å². The first kappa shape index (κ1) is 20.0. The molecule has 2 N–H and O–H groups in total. The molecule has 1 aliphatic carbocycles. The van der Waals surface area contributed by atoms with Crippen LogP contribution in [-0.2, 0) is 11.0 Å². The number of hydrogen-bond acceptors (Lipinski definition) is 2. The number of nitrogens with one attached hydrogen (secondary N) is 2. The van der Waals surface area contributed by atoms with E-state index in [0.29, 0.717) is 11.4 Å². The molecule has 1 heterocycles. The van der Waals surface area contributed by atoms with E-state index in [9.17, 15) is 22.8 Å². The Balaban J connectivity index is 1.81. The van der Waals surface area contributed by atoms with E-state index in [4.69, 9.17) is 0 Å². The molecule has 156 valence electrons. The second-order valence-electron chi connectivity index (χ2n) is 7.39. The molecule has 2 aromatic carbocycles. The van der Waals surface area contributed by atoms with E-state index < -0.39 is 29.7 Å². The fourth-order valence-corrected chi connectivity index (χ4v) is 3.78. The number of allylic oxidation sites excluding steroid dienone is 1. The summed E-state index contributed by atoms with van der Waals surface area (Å²) in [7, 11) is 0. The van der Waals surface area contributed by atoms with Gasteiger partial charge in [0, 0.05) is 17.4 Å². The SMILES string of the molecule is CC1=C(C(=O)Nc2ccccc2)[C@@H](c2ccccc2C(F)(F)F)NC(=O)N1C1CC1. The van der Waals surface area contributed by atoms with Crippen molar-refractivity contribution >= 4 is 17.6 Å². The molecular formula is C22H20F3N3O2. The van der Waals surface area contributed by atoms with Gasteiger partial charge in [-0.2, -0.15) is 13.2 Å². The fourth-order valence-electron chi connectivity index (χ4n) is 3.78. The number of rotatable bonds is 4. The number of halogens is 3. The molecular weight excluding hydrogens is 395 g/mol. The minimum Gasteiger partial charge on any atom is -0.326 e. The Labute approximate surface area is 171 Å². The first-order valence-electron chi connectivity index (χ1n) is 9.60. The molecule has 1 atom stereocenters. The maximum absolute atomic E-state index is 13.6. The van der Waals surface area contributed by atoms with Gasteiger partial charge in [-0.25, -0.2) is 4.79 Å². The number of urea groups is 1. The van der Waals surface area contributed by atoms with Gasteiger partial charge in [-0.15, -0.1) is 0 Å². The number of hydrogen-bond donors (Lipinski definition) is 2. The summed E-state index contributed by atoms with van der Waals surface area (Å²) in [5.74, 6) is -0.550. The number of carbonyl (C=O) groups is 2. The second-order valence-corrected chi connectivity index (χ2v) is 7.39. The largest absolute Gasteiger partial charge is 0.416 e. The third-order valence-corrected chi connectivity index (χ3v) is 5.29. The molecule has 1 saturated carbocycles. The molecule has 0 bridgehead atoms. The van der Waals surface area contributed by atoms with Gasteiger partial charge in [0.1, 0.15) is 0 Å². The first-order valence-corrected chi connectivity index (χ1v) is 9.60. The van der Waals surface area contributed by atoms with Gasteiger partial charge in [0.15, 0.2) is 0 Å². The van der Waals surface area contributed by atoms with Crippen LogP contribution in [0.15, 0.2) is 65.9 Å². The average Bonchev–Trinajstić information content (AvgIpc) is 3.52. The van der Waals surface area contributed by atoms with Crippen molar-refractivity contribution in [2.75, 3.05) is 5.32 Å². The van der Waals surface area contributed by atoms with Crippen molar-refractivity contribution in [3.63, 3.8) is 0 Å². The molecule has 2 aliphatic rings. The number of amides is 3. The third kappa shape index (κ3) is 3.77. The maximum Gasteiger partial charge on any atom is 0.416 e. The summed E-state index contributed by atoms with van der Waals surface area (Å²) in [5.41, 5.74) is -0.0569. The van der Waals surface area contributed by atoms with Gasteiger partial charge in [0.2, 0.25) is 0 Å². The van der Waals surface area contributed by atoms with Crippen LogP contribution in [0.5, 0.6) is 0 Å². The lowest BCUT2D eigenvalue weighted by Gasteiger charge is -2.36. The van der Waals surface area contributed by atoms with Gasteiger partial charge in [-0.1, -0.05) is 36.4 Å².